The Morgan fingerprint density at radius 1 is 1.47 bits per heavy atom. The lowest BCUT2D eigenvalue weighted by Crippen LogP contribution is -2.02. The van der Waals surface area contributed by atoms with Crippen LogP contribution in [0.25, 0.3) is 5.82 Å². The van der Waals surface area contributed by atoms with E-state index in [1.165, 1.54) is 11.0 Å². The number of hydrogen-bond donors (Lipinski definition) is 1. The maximum absolute atomic E-state index is 8.57. The molecule has 0 fully saturated rings. The van der Waals surface area contributed by atoms with Gasteiger partial charge in [0.25, 0.3) is 5.82 Å². The molecule has 0 unspecified atom stereocenters. The number of nitriles is 1. The highest BCUT2D eigenvalue weighted by Gasteiger charge is 2.02. The van der Waals surface area contributed by atoms with Crippen LogP contribution in [-0.2, 0) is 6.54 Å². The Labute approximate surface area is 86.0 Å². The number of pyridine rings is 1. The highest BCUT2D eigenvalue weighted by molar-refractivity contribution is 5.26. The van der Waals surface area contributed by atoms with Crippen LogP contribution in [0.2, 0.25) is 0 Å². The van der Waals surface area contributed by atoms with Crippen molar-refractivity contribution in [2.45, 2.75) is 6.54 Å². The van der Waals surface area contributed by atoms with Crippen molar-refractivity contribution >= 4 is 0 Å². The van der Waals surface area contributed by atoms with Gasteiger partial charge in [-0.25, -0.2) is 14.6 Å². The molecule has 0 aliphatic carbocycles. The Bertz CT molecular complexity index is 509. The Balaban J connectivity index is 2.41. The van der Waals surface area contributed by atoms with Crippen LogP contribution in [0.3, 0.4) is 0 Å². The molecule has 74 valence electrons. The SMILES string of the molecule is N#Cc1ncn(-c2cc(CN)ccn2)n1. The zero-order chi connectivity index (χ0) is 10.7. The zero-order valence-electron chi connectivity index (χ0n) is 7.83. The van der Waals surface area contributed by atoms with Gasteiger partial charge in [-0.05, 0) is 17.7 Å². The van der Waals surface area contributed by atoms with E-state index in [0.29, 0.717) is 12.4 Å². The average Bonchev–Trinajstić information content (AvgIpc) is 2.78. The Morgan fingerprint density at radius 2 is 2.33 bits per heavy atom. The van der Waals surface area contributed by atoms with Crippen molar-refractivity contribution < 1.29 is 0 Å². The summed E-state index contributed by atoms with van der Waals surface area (Å²) in [7, 11) is 0. The Kier molecular flexibility index (Phi) is 2.39. The molecule has 2 aromatic heterocycles. The molecule has 0 aromatic carbocycles. The van der Waals surface area contributed by atoms with Crippen LogP contribution in [0.5, 0.6) is 0 Å². The third-order valence-electron chi connectivity index (χ3n) is 1.87. The quantitative estimate of drug-likeness (QED) is 0.736. The third-order valence-corrected chi connectivity index (χ3v) is 1.87. The molecule has 2 aromatic rings. The van der Waals surface area contributed by atoms with Gasteiger partial charge in [0.05, 0.1) is 0 Å². The topological polar surface area (TPSA) is 93.4 Å². The average molecular weight is 200 g/mol. The molecular formula is C9H8N6. The predicted molar refractivity (Wildman–Crippen MR) is 51.8 cm³/mol. The van der Waals surface area contributed by atoms with Crippen molar-refractivity contribution in [2.75, 3.05) is 0 Å². The summed E-state index contributed by atoms with van der Waals surface area (Å²) in [5.74, 6) is 0.724. The molecule has 0 saturated carbocycles. The van der Waals surface area contributed by atoms with Crippen molar-refractivity contribution in [3.8, 4) is 11.9 Å². The highest BCUT2D eigenvalue weighted by atomic mass is 15.4. The van der Waals surface area contributed by atoms with E-state index in [0.717, 1.165) is 5.56 Å². The second kappa shape index (κ2) is 3.86. The van der Waals surface area contributed by atoms with Gasteiger partial charge in [-0.3, -0.25) is 0 Å². The minimum Gasteiger partial charge on any atom is -0.326 e. The van der Waals surface area contributed by atoms with Gasteiger partial charge in [-0.1, -0.05) is 0 Å². The Hall–Kier alpha value is -2.26. The van der Waals surface area contributed by atoms with E-state index < -0.39 is 0 Å². The fraction of sp³-hybridized carbons (Fsp3) is 0.111. The summed E-state index contributed by atoms with van der Waals surface area (Å²) in [4.78, 5) is 7.89. The second-order valence-electron chi connectivity index (χ2n) is 2.85. The zero-order valence-corrected chi connectivity index (χ0v) is 7.83. The van der Waals surface area contributed by atoms with Crippen LogP contribution in [0.1, 0.15) is 11.4 Å². The molecule has 0 atom stereocenters. The number of nitrogens with two attached hydrogens (primary N) is 1. The minimum atomic E-state index is 0.120. The molecule has 0 amide bonds. The van der Waals surface area contributed by atoms with Crippen LogP contribution < -0.4 is 5.73 Å². The first-order valence-corrected chi connectivity index (χ1v) is 4.30. The molecule has 0 spiro atoms. The number of rotatable bonds is 2. The summed E-state index contributed by atoms with van der Waals surface area (Å²) in [5, 5.41) is 12.5. The largest absolute Gasteiger partial charge is 0.326 e. The van der Waals surface area contributed by atoms with Gasteiger partial charge in [0.1, 0.15) is 12.4 Å². The fourth-order valence-corrected chi connectivity index (χ4v) is 1.14. The number of hydrogen-bond acceptors (Lipinski definition) is 5. The van der Waals surface area contributed by atoms with E-state index in [4.69, 9.17) is 11.0 Å². The number of nitrogens with zero attached hydrogens (tertiary/aromatic N) is 5. The molecule has 2 heterocycles. The lowest BCUT2D eigenvalue weighted by atomic mass is 10.3. The van der Waals surface area contributed by atoms with Crippen LogP contribution in [0, 0.1) is 11.3 Å². The van der Waals surface area contributed by atoms with E-state index in [-0.39, 0.29) is 5.82 Å². The van der Waals surface area contributed by atoms with Crippen LogP contribution >= 0.6 is 0 Å². The van der Waals surface area contributed by atoms with E-state index in [1.54, 1.807) is 12.3 Å². The van der Waals surface area contributed by atoms with E-state index in [1.807, 2.05) is 12.1 Å². The minimum absolute atomic E-state index is 0.120. The molecule has 6 heteroatoms. The first kappa shape index (κ1) is 9.30. The Morgan fingerprint density at radius 3 is 3.00 bits per heavy atom. The van der Waals surface area contributed by atoms with Crippen LogP contribution in [-0.4, -0.2) is 19.7 Å². The van der Waals surface area contributed by atoms with Crippen molar-refractivity contribution in [3.63, 3.8) is 0 Å². The van der Waals surface area contributed by atoms with Crippen molar-refractivity contribution in [2.24, 2.45) is 5.73 Å². The standard InChI is InChI=1S/C9H8N6/c10-4-7-1-2-12-9(3-7)15-6-13-8(5-11)14-15/h1-3,6H,4,10H2. The lowest BCUT2D eigenvalue weighted by Gasteiger charge is -2.00. The lowest BCUT2D eigenvalue weighted by molar-refractivity contribution is 0.835. The van der Waals surface area contributed by atoms with Crippen molar-refractivity contribution in [3.05, 3.63) is 36.0 Å². The van der Waals surface area contributed by atoms with Gasteiger partial charge in [0.2, 0.25) is 0 Å². The smallest absolute Gasteiger partial charge is 0.252 e. The van der Waals surface area contributed by atoms with Gasteiger partial charge in [0.15, 0.2) is 5.82 Å². The molecule has 0 bridgehead atoms. The molecule has 15 heavy (non-hydrogen) atoms. The van der Waals surface area contributed by atoms with E-state index in [9.17, 15) is 0 Å². The molecule has 0 saturated heterocycles. The van der Waals surface area contributed by atoms with E-state index >= 15 is 0 Å². The van der Waals surface area contributed by atoms with Gasteiger partial charge in [-0.15, -0.1) is 5.10 Å². The summed E-state index contributed by atoms with van der Waals surface area (Å²) in [6.07, 6.45) is 3.09. The molecule has 2 N–H and O–H groups in total. The molecular weight excluding hydrogens is 192 g/mol. The fourth-order valence-electron chi connectivity index (χ4n) is 1.14. The summed E-state index contributed by atoms with van der Waals surface area (Å²) in [6, 6.07) is 5.48. The van der Waals surface area contributed by atoms with Gasteiger partial charge in [0, 0.05) is 12.7 Å². The van der Waals surface area contributed by atoms with E-state index in [2.05, 4.69) is 15.1 Å². The second-order valence-corrected chi connectivity index (χ2v) is 2.85. The summed E-state index contributed by atoms with van der Waals surface area (Å²) in [5.41, 5.74) is 6.46. The first-order valence-electron chi connectivity index (χ1n) is 4.30. The maximum Gasteiger partial charge on any atom is 0.252 e. The number of aromatic nitrogens is 4. The van der Waals surface area contributed by atoms with Gasteiger partial charge < -0.3 is 5.73 Å². The summed E-state index contributed by atoms with van der Waals surface area (Å²) >= 11 is 0. The first-order chi connectivity index (χ1) is 7.33. The van der Waals surface area contributed by atoms with Crippen molar-refractivity contribution in [1.29, 1.82) is 5.26 Å². The normalized spacial score (nSPS) is 9.87. The molecule has 0 aliphatic rings. The third kappa shape index (κ3) is 1.82. The van der Waals surface area contributed by atoms with Crippen LogP contribution in [0.4, 0.5) is 0 Å². The van der Waals surface area contributed by atoms with Crippen LogP contribution in [0.15, 0.2) is 24.7 Å². The summed E-state index contributed by atoms with van der Waals surface area (Å²) < 4.78 is 1.44. The van der Waals surface area contributed by atoms with Crippen molar-refractivity contribution in [1.82, 2.24) is 19.7 Å². The summed E-state index contributed by atoms with van der Waals surface area (Å²) in [6.45, 7) is 0.440. The molecule has 6 nitrogen and oxygen atoms in total. The van der Waals surface area contributed by atoms with Gasteiger partial charge in [-0.2, -0.15) is 5.26 Å². The monoisotopic (exact) mass is 200 g/mol. The highest BCUT2D eigenvalue weighted by Crippen LogP contribution is 2.05. The predicted octanol–water partition coefficient (Wildman–Crippen LogP) is -0.00732. The maximum atomic E-state index is 8.57. The molecule has 2 rings (SSSR count). The molecule has 0 aliphatic heterocycles. The molecule has 0 radical (unpaired) electrons. The van der Waals surface area contributed by atoms with Gasteiger partial charge >= 0.3 is 0 Å².